The molecule has 0 atom stereocenters. The lowest BCUT2D eigenvalue weighted by molar-refractivity contribution is 0.483. The minimum atomic E-state index is -4.43. The number of aliphatic imine (C=N–C) groups is 1. The van der Waals surface area contributed by atoms with E-state index in [0.29, 0.717) is 5.56 Å². The summed E-state index contributed by atoms with van der Waals surface area (Å²) in [5.74, 6) is 0. The first-order valence-corrected chi connectivity index (χ1v) is 5.53. The van der Waals surface area contributed by atoms with Crippen molar-refractivity contribution in [3.63, 3.8) is 0 Å². The highest BCUT2D eigenvalue weighted by Crippen LogP contribution is 2.30. The molecule has 0 aliphatic rings. The fourth-order valence-electron chi connectivity index (χ4n) is 0.988. The van der Waals surface area contributed by atoms with Crippen molar-refractivity contribution in [3.8, 4) is 0 Å². The molecule has 0 saturated heterocycles. The first-order valence-electron chi connectivity index (χ1n) is 3.72. The summed E-state index contributed by atoms with van der Waals surface area (Å²) in [5, 5.41) is 0.247. The molecule has 15 heavy (non-hydrogen) atoms. The van der Waals surface area contributed by atoms with Gasteiger partial charge in [0.05, 0.1) is 5.69 Å². The molecule has 7 heteroatoms. The van der Waals surface area contributed by atoms with Crippen LogP contribution in [0.4, 0.5) is 5.69 Å². The standard InChI is InChI=1S/C8H6ClNO4S/c1-5-2-8(15(12,13)14)7(10-4-11)3-6(5)9/h2-3H,1H3,(H,12,13,14). The van der Waals surface area contributed by atoms with Crippen molar-refractivity contribution in [2.24, 2.45) is 4.99 Å². The van der Waals surface area contributed by atoms with Gasteiger partial charge in [-0.1, -0.05) is 11.6 Å². The van der Waals surface area contributed by atoms with Crippen molar-refractivity contribution in [1.29, 1.82) is 0 Å². The number of halogens is 1. The van der Waals surface area contributed by atoms with Crippen LogP contribution in [-0.2, 0) is 14.9 Å². The first-order chi connectivity index (χ1) is 6.86. The van der Waals surface area contributed by atoms with Gasteiger partial charge in [-0.2, -0.15) is 13.4 Å². The van der Waals surface area contributed by atoms with E-state index in [4.69, 9.17) is 16.2 Å². The third-order valence-corrected chi connectivity index (χ3v) is 2.97. The maximum Gasteiger partial charge on any atom is 0.296 e. The summed E-state index contributed by atoms with van der Waals surface area (Å²) in [4.78, 5) is 12.7. The van der Waals surface area contributed by atoms with Crippen molar-refractivity contribution in [2.75, 3.05) is 0 Å². The number of aryl methyl sites for hydroxylation is 1. The fourth-order valence-corrected chi connectivity index (χ4v) is 1.84. The number of carbonyl (C=O) groups excluding carboxylic acids is 1. The molecular formula is C8H6ClNO4S. The monoisotopic (exact) mass is 247 g/mol. The second-order valence-corrected chi connectivity index (χ2v) is 4.54. The van der Waals surface area contributed by atoms with Gasteiger partial charge in [-0.25, -0.2) is 4.79 Å². The Morgan fingerprint density at radius 3 is 2.53 bits per heavy atom. The van der Waals surface area contributed by atoms with E-state index in [1.807, 2.05) is 0 Å². The van der Waals surface area contributed by atoms with E-state index in [9.17, 15) is 13.2 Å². The molecule has 0 spiro atoms. The molecule has 5 nitrogen and oxygen atoms in total. The molecule has 0 amide bonds. The minimum Gasteiger partial charge on any atom is -0.282 e. The van der Waals surface area contributed by atoms with Crippen molar-refractivity contribution >= 4 is 33.5 Å². The average molecular weight is 248 g/mol. The van der Waals surface area contributed by atoms with Gasteiger partial charge in [-0.3, -0.25) is 4.55 Å². The van der Waals surface area contributed by atoms with Crippen LogP contribution >= 0.6 is 11.6 Å². The minimum absolute atomic E-state index is 0.233. The van der Waals surface area contributed by atoms with Gasteiger partial charge in [-0.05, 0) is 24.6 Å². The summed E-state index contributed by atoms with van der Waals surface area (Å²) >= 11 is 5.71. The zero-order chi connectivity index (χ0) is 11.6. The number of isocyanates is 1. The smallest absolute Gasteiger partial charge is 0.282 e. The maximum absolute atomic E-state index is 10.9. The van der Waals surface area contributed by atoms with E-state index >= 15 is 0 Å². The van der Waals surface area contributed by atoms with Gasteiger partial charge in [0.2, 0.25) is 6.08 Å². The summed E-state index contributed by atoms with van der Waals surface area (Å²) in [7, 11) is -4.43. The Labute approximate surface area is 91.2 Å². The Morgan fingerprint density at radius 1 is 1.47 bits per heavy atom. The normalized spacial score (nSPS) is 10.9. The van der Waals surface area contributed by atoms with Crippen LogP contribution in [0.3, 0.4) is 0 Å². The molecule has 80 valence electrons. The Bertz CT molecular complexity index is 546. The first kappa shape index (κ1) is 11.9. The second-order valence-electron chi connectivity index (χ2n) is 2.75. The SMILES string of the molecule is Cc1cc(S(=O)(=O)O)c(N=C=O)cc1Cl. The summed E-state index contributed by atoms with van der Waals surface area (Å²) in [6.07, 6.45) is 1.18. The van der Waals surface area contributed by atoms with E-state index in [0.717, 1.165) is 6.07 Å². The summed E-state index contributed by atoms with van der Waals surface area (Å²) in [6.45, 7) is 1.56. The molecule has 0 saturated carbocycles. The number of nitrogens with zero attached hydrogens (tertiary/aromatic N) is 1. The number of benzene rings is 1. The fraction of sp³-hybridized carbons (Fsp3) is 0.125. The highest BCUT2D eigenvalue weighted by molar-refractivity contribution is 7.86. The Balaban J connectivity index is 3.63. The largest absolute Gasteiger partial charge is 0.296 e. The molecule has 0 radical (unpaired) electrons. The zero-order valence-electron chi connectivity index (χ0n) is 7.56. The third-order valence-electron chi connectivity index (χ3n) is 1.68. The van der Waals surface area contributed by atoms with Crippen LogP contribution in [0.15, 0.2) is 22.0 Å². The number of hydrogen-bond donors (Lipinski definition) is 1. The Morgan fingerprint density at radius 2 is 2.07 bits per heavy atom. The van der Waals surface area contributed by atoms with E-state index < -0.39 is 15.0 Å². The van der Waals surface area contributed by atoms with Crippen LogP contribution in [0.25, 0.3) is 0 Å². The van der Waals surface area contributed by atoms with Crippen LogP contribution in [0.2, 0.25) is 5.02 Å². The van der Waals surface area contributed by atoms with Crippen LogP contribution in [-0.4, -0.2) is 19.1 Å². The average Bonchev–Trinajstić information content (AvgIpc) is 2.09. The molecule has 1 N–H and O–H groups in total. The molecule has 0 bridgehead atoms. The van der Waals surface area contributed by atoms with Gasteiger partial charge in [-0.15, -0.1) is 0 Å². The molecule has 1 aromatic rings. The van der Waals surface area contributed by atoms with Crippen LogP contribution in [0.1, 0.15) is 5.56 Å². The van der Waals surface area contributed by atoms with E-state index in [-0.39, 0.29) is 10.7 Å². The maximum atomic E-state index is 10.9. The molecule has 0 aromatic heterocycles. The van der Waals surface area contributed by atoms with Gasteiger partial charge >= 0.3 is 0 Å². The predicted octanol–water partition coefficient (Wildman–Crippen LogP) is 1.86. The van der Waals surface area contributed by atoms with Crippen molar-refractivity contribution in [2.45, 2.75) is 11.8 Å². The van der Waals surface area contributed by atoms with Gasteiger partial charge < -0.3 is 0 Å². The van der Waals surface area contributed by atoms with E-state index in [1.165, 1.54) is 12.1 Å². The highest BCUT2D eigenvalue weighted by atomic mass is 35.5. The van der Waals surface area contributed by atoms with Crippen LogP contribution in [0.5, 0.6) is 0 Å². The molecule has 0 fully saturated rings. The highest BCUT2D eigenvalue weighted by Gasteiger charge is 2.17. The second kappa shape index (κ2) is 4.12. The van der Waals surface area contributed by atoms with Crippen LogP contribution < -0.4 is 0 Å². The lowest BCUT2D eigenvalue weighted by atomic mass is 10.2. The molecule has 0 unspecified atom stereocenters. The molecule has 0 aliphatic carbocycles. The van der Waals surface area contributed by atoms with Gasteiger partial charge in [0, 0.05) is 5.02 Å². The predicted molar refractivity (Wildman–Crippen MR) is 53.8 cm³/mol. The Hall–Kier alpha value is -1.20. The van der Waals surface area contributed by atoms with Crippen molar-refractivity contribution in [3.05, 3.63) is 22.7 Å². The van der Waals surface area contributed by atoms with Gasteiger partial charge in [0.1, 0.15) is 4.90 Å². The van der Waals surface area contributed by atoms with E-state index in [1.54, 1.807) is 6.92 Å². The van der Waals surface area contributed by atoms with Crippen molar-refractivity contribution < 1.29 is 17.8 Å². The lowest BCUT2D eigenvalue weighted by Gasteiger charge is -2.04. The molecule has 1 rings (SSSR count). The summed E-state index contributed by atoms with van der Waals surface area (Å²) < 4.78 is 30.7. The molecule has 0 heterocycles. The summed E-state index contributed by atoms with van der Waals surface area (Å²) in [5.41, 5.74) is 0.220. The van der Waals surface area contributed by atoms with Crippen LogP contribution in [0, 0.1) is 6.92 Å². The zero-order valence-corrected chi connectivity index (χ0v) is 9.13. The van der Waals surface area contributed by atoms with E-state index in [2.05, 4.69) is 4.99 Å². The van der Waals surface area contributed by atoms with Gasteiger partial charge in [0.15, 0.2) is 0 Å². The number of hydrogen-bond acceptors (Lipinski definition) is 4. The molecule has 1 aromatic carbocycles. The van der Waals surface area contributed by atoms with Crippen molar-refractivity contribution in [1.82, 2.24) is 0 Å². The summed E-state index contributed by atoms with van der Waals surface area (Å²) in [6, 6.07) is 2.30. The molecule has 0 aliphatic heterocycles. The molecular weight excluding hydrogens is 242 g/mol. The Kier molecular flexibility index (Phi) is 3.26. The number of rotatable bonds is 2. The third kappa shape index (κ3) is 2.64. The topological polar surface area (TPSA) is 83.8 Å². The van der Waals surface area contributed by atoms with Gasteiger partial charge in [0.25, 0.3) is 10.1 Å². The lowest BCUT2D eigenvalue weighted by Crippen LogP contribution is -1.99. The quantitative estimate of drug-likeness (QED) is 0.491.